The number of rotatable bonds is 6. The third kappa shape index (κ3) is 5.61. The lowest BCUT2D eigenvalue weighted by atomic mass is 9.82. The number of nitrogens with two attached hydrogens (primary N) is 1. The highest BCUT2D eigenvalue weighted by Gasteiger charge is 2.55. The van der Waals surface area contributed by atoms with Crippen molar-refractivity contribution in [1.82, 2.24) is 9.80 Å². The number of nitrogens with one attached hydrogen (secondary N) is 1. The zero-order chi connectivity index (χ0) is 27.9. The van der Waals surface area contributed by atoms with Crippen LogP contribution in [0.4, 0.5) is 14.9 Å². The third-order valence-corrected chi connectivity index (χ3v) is 8.16. The average molecular weight is 539 g/mol. The van der Waals surface area contributed by atoms with E-state index in [9.17, 15) is 14.0 Å². The Balaban J connectivity index is 1.39. The number of amides is 2. The Morgan fingerprint density at radius 3 is 2.62 bits per heavy atom. The topological polar surface area (TPSA) is 97.1 Å². The molecule has 8 nitrogen and oxygen atoms in total. The highest BCUT2D eigenvalue weighted by molar-refractivity contribution is 5.83. The second-order valence-corrected chi connectivity index (χ2v) is 11.9. The summed E-state index contributed by atoms with van der Waals surface area (Å²) in [5.41, 5.74) is 8.70. The van der Waals surface area contributed by atoms with Crippen LogP contribution in [0.1, 0.15) is 51.2 Å². The molecule has 1 unspecified atom stereocenters. The van der Waals surface area contributed by atoms with Crippen LogP contribution in [0.5, 0.6) is 0 Å². The Kier molecular flexibility index (Phi) is 7.57. The molecule has 2 aromatic carbocycles. The van der Waals surface area contributed by atoms with Crippen molar-refractivity contribution < 1.29 is 23.5 Å². The molecule has 0 radical (unpaired) electrons. The van der Waals surface area contributed by atoms with Crippen molar-refractivity contribution in [2.75, 3.05) is 25.0 Å². The van der Waals surface area contributed by atoms with Gasteiger partial charge >= 0.3 is 6.09 Å². The van der Waals surface area contributed by atoms with E-state index in [-0.39, 0.29) is 48.3 Å². The number of fused-ring (bicyclic) bond motifs is 2. The number of anilines is 1. The molecule has 2 fully saturated rings. The minimum Gasteiger partial charge on any atom is -0.445 e. The number of hydrogen-bond donors (Lipinski definition) is 2. The Bertz CT molecular complexity index is 1200. The summed E-state index contributed by atoms with van der Waals surface area (Å²) in [6, 6.07) is 13.1. The summed E-state index contributed by atoms with van der Waals surface area (Å²) in [6.45, 7) is 9.37. The molecular formula is C30H39FN4O4. The molecule has 2 aromatic rings. The Morgan fingerprint density at radius 2 is 1.90 bits per heavy atom. The van der Waals surface area contributed by atoms with Gasteiger partial charge in [-0.25, -0.2) is 9.18 Å². The molecule has 0 bridgehead atoms. The highest BCUT2D eigenvalue weighted by atomic mass is 19.1. The van der Waals surface area contributed by atoms with E-state index in [1.807, 2.05) is 69.0 Å². The minimum atomic E-state index is -0.828. The van der Waals surface area contributed by atoms with Gasteiger partial charge in [-0.15, -0.1) is 0 Å². The Hall–Kier alpha value is -3.17. The lowest BCUT2D eigenvalue weighted by molar-refractivity contribution is -0.141. The summed E-state index contributed by atoms with van der Waals surface area (Å²) in [5, 5.41) is 3.33. The molecule has 0 aromatic heterocycles. The summed E-state index contributed by atoms with van der Waals surface area (Å²) in [5.74, 6) is -0.522. The maximum Gasteiger partial charge on any atom is 0.410 e. The van der Waals surface area contributed by atoms with E-state index < -0.39 is 17.7 Å². The number of hydrogen-bond acceptors (Lipinski definition) is 6. The molecule has 5 rings (SSSR count). The zero-order valence-corrected chi connectivity index (χ0v) is 23.1. The molecule has 2 saturated heterocycles. The molecule has 2 amide bonds. The van der Waals surface area contributed by atoms with Gasteiger partial charge in [0.25, 0.3) is 0 Å². The predicted molar refractivity (Wildman–Crippen MR) is 147 cm³/mol. The molecule has 3 aliphatic heterocycles. The zero-order valence-electron chi connectivity index (χ0n) is 23.1. The van der Waals surface area contributed by atoms with E-state index in [1.54, 1.807) is 4.90 Å². The predicted octanol–water partition coefficient (Wildman–Crippen LogP) is 4.10. The van der Waals surface area contributed by atoms with E-state index >= 15 is 0 Å². The Morgan fingerprint density at radius 1 is 1.15 bits per heavy atom. The van der Waals surface area contributed by atoms with Gasteiger partial charge in [0, 0.05) is 37.2 Å². The third-order valence-electron chi connectivity index (χ3n) is 8.16. The fourth-order valence-electron chi connectivity index (χ4n) is 6.50. The van der Waals surface area contributed by atoms with Crippen molar-refractivity contribution in [2.45, 2.75) is 76.5 Å². The molecule has 3 heterocycles. The van der Waals surface area contributed by atoms with Crippen LogP contribution in [-0.2, 0) is 20.9 Å². The van der Waals surface area contributed by atoms with Gasteiger partial charge in [0.1, 0.15) is 18.5 Å². The van der Waals surface area contributed by atoms with Gasteiger partial charge in [-0.2, -0.15) is 0 Å². The Labute approximate surface area is 229 Å². The van der Waals surface area contributed by atoms with Crippen LogP contribution in [0.15, 0.2) is 48.5 Å². The summed E-state index contributed by atoms with van der Waals surface area (Å²) in [4.78, 5) is 30.8. The maximum absolute atomic E-state index is 13.9. The summed E-state index contributed by atoms with van der Waals surface area (Å²) < 4.78 is 25.7. The second kappa shape index (κ2) is 10.8. The normalized spacial score (nSPS) is 25.6. The lowest BCUT2D eigenvalue weighted by Gasteiger charge is -2.35. The fourth-order valence-corrected chi connectivity index (χ4v) is 6.50. The molecule has 3 N–H and O–H groups in total. The first kappa shape index (κ1) is 27.4. The molecule has 3 aliphatic rings. The van der Waals surface area contributed by atoms with Gasteiger partial charge in [0.15, 0.2) is 0 Å². The summed E-state index contributed by atoms with van der Waals surface area (Å²) in [6.07, 6.45) is -0.213. The van der Waals surface area contributed by atoms with Gasteiger partial charge in [-0.05, 0) is 57.4 Å². The smallest absolute Gasteiger partial charge is 0.410 e. The van der Waals surface area contributed by atoms with Crippen LogP contribution < -0.4 is 11.1 Å². The van der Waals surface area contributed by atoms with Crippen LogP contribution in [-0.4, -0.2) is 71.3 Å². The molecule has 6 atom stereocenters. The first-order chi connectivity index (χ1) is 18.5. The SMILES string of the molecule is C[C@@H](OC(C)(C)C)[C@H](N)C(=O)N1CC[C@@H]2[C@H]1[C@@H](C1CNc3cc(F)ccc31)CN2C(=O)OCc1ccccc1. The van der Waals surface area contributed by atoms with Crippen molar-refractivity contribution in [3.63, 3.8) is 0 Å². The van der Waals surface area contributed by atoms with Gasteiger partial charge in [-0.1, -0.05) is 36.4 Å². The van der Waals surface area contributed by atoms with Crippen LogP contribution in [0, 0.1) is 11.7 Å². The molecule has 0 aliphatic carbocycles. The van der Waals surface area contributed by atoms with Crippen molar-refractivity contribution >= 4 is 17.7 Å². The monoisotopic (exact) mass is 538 g/mol. The number of likely N-dealkylation sites (tertiary alicyclic amines) is 2. The van der Waals surface area contributed by atoms with E-state index in [1.165, 1.54) is 12.1 Å². The van der Waals surface area contributed by atoms with E-state index in [4.69, 9.17) is 15.2 Å². The first-order valence-corrected chi connectivity index (χ1v) is 13.8. The molecule has 210 valence electrons. The molecule has 39 heavy (non-hydrogen) atoms. The highest BCUT2D eigenvalue weighted by Crippen LogP contribution is 2.46. The number of nitrogens with zero attached hydrogens (tertiary/aromatic N) is 2. The minimum absolute atomic E-state index is 0.00731. The number of benzene rings is 2. The van der Waals surface area contributed by atoms with Gasteiger partial charge in [0.05, 0.1) is 23.8 Å². The number of carbonyl (C=O) groups is 2. The van der Waals surface area contributed by atoms with Crippen LogP contribution in [0.25, 0.3) is 0 Å². The van der Waals surface area contributed by atoms with Gasteiger partial charge in [0.2, 0.25) is 5.91 Å². The van der Waals surface area contributed by atoms with Crippen molar-refractivity contribution in [1.29, 1.82) is 0 Å². The number of carbonyl (C=O) groups excluding carboxylic acids is 2. The van der Waals surface area contributed by atoms with Gasteiger partial charge in [-0.3, -0.25) is 4.79 Å². The number of ether oxygens (including phenoxy) is 2. The lowest BCUT2D eigenvalue weighted by Crippen LogP contribution is -2.55. The van der Waals surface area contributed by atoms with Crippen LogP contribution >= 0.6 is 0 Å². The quantitative estimate of drug-likeness (QED) is 0.575. The molecular weight excluding hydrogens is 499 g/mol. The molecule has 9 heteroatoms. The number of halogens is 1. The second-order valence-electron chi connectivity index (χ2n) is 11.9. The first-order valence-electron chi connectivity index (χ1n) is 13.8. The molecule has 0 spiro atoms. The van der Waals surface area contributed by atoms with Crippen LogP contribution in [0.2, 0.25) is 0 Å². The van der Waals surface area contributed by atoms with Gasteiger partial charge < -0.3 is 30.3 Å². The standard InChI is InChI=1S/C30H39FN4O4/c1-18(39-30(2,3)4)26(32)28(36)34-13-12-25-27(34)23(22-15-33-24-14-20(31)10-11-21(22)24)16-35(25)29(37)38-17-19-8-6-5-7-9-19/h5-11,14,18,22-23,25-27,33H,12-13,15-17,32H2,1-4H3/t18-,22?,23-,25-,26+,27-/m1/s1. The average Bonchev–Trinajstić information content (AvgIpc) is 3.60. The van der Waals surface area contributed by atoms with Crippen LogP contribution in [0.3, 0.4) is 0 Å². The van der Waals surface area contributed by atoms with Crippen molar-refractivity contribution in [3.05, 3.63) is 65.5 Å². The summed E-state index contributed by atoms with van der Waals surface area (Å²) in [7, 11) is 0. The van der Waals surface area contributed by atoms with Crippen molar-refractivity contribution in [2.24, 2.45) is 11.7 Å². The maximum atomic E-state index is 13.9. The van der Waals surface area contributed by atoms with E-state index in [0.29, 0.717) is 26.1 Å². The fraction of sp³-hybridized carbons (Fsp3) is 0.533. The van der Waals surface area contributed by atoms with Crippen molar-refractivity contribution in [3.8, 4) is 0 Å². The largest absolute Gasteiger partial charge is 0.445 e. The van der Waals surface area contributed by atoms with E-state index in [0.717, 1.165) is 16.8 Å². The summed E-state index contributed by atoms with van der Waals surface area (Å²) >= 11 is 0. The van der Waals surface area contributed by atoms with E-state index in [2.05, 4.69) is 5.32 Å². The molecule has 0 saturated carbocycles.